The number of piperazine rings is 1. The first-order valence-corrected chi connectivity index (χ1v) is 13.7. The van der Waals surface area contributed by atoms with Crippen LogP contribution in [0.15, 0.2) is 42.5 Å². The molecule has 0 aliphatic carbocycles. The number of amides is 1. The molecule has 6 rings (SSSR count). The normalized spacial score (nSPS) is 16.6. The molecule has 0 radical (unpaired) electrons. The van der Waals surface area contributed by atoms with Gasteiger partial charge in [0.25, 0.3) is 0 Å². The first kappa shape index (κ1) is 26.7. The summed E-state index contributed by atoms with van der Waals surface area (Å²) in [5.74, 6) is 0.356. The second-order valence-corrected chi connectivity index (χ2v) is 10.5. The van der Waals surface area contributed by atoms with Crippen molar-refractivity contribution in [3.8, 4) is 16.9 Å². The average Bonchev–Trinajstić information content (AvgIpc) is 3.31. The second-order valence-electron chi connectivity index (χ2n) is 9.70. The van der Waals surface area contributed by atoms with Gasteiger partial charge in [-0.15, -0.1) is 5.10 Å². The number of morpholine rings is 1. The summed E-state index contributed by atoms with van der Waals surface area (Å²) in [4.78, 5) is 28.2. The molecule has 0 saturated carbocycles. The number of nitrogens with zero attached hydrogens (tertiary/aromatic N) is 7. The lowest BCUT2D eigenvalue weighted by Gasteiger charge is -2.36. The molecule has 10 nitrogen and oxygen atoms in total. The van der Waals surface area contributed by atoms with Crippen LogP contribution in [0.25, 0.3) is 28.0 Å². The molecule has 0 atom stereocenters. The quantitative estimate of drug-likeness (QED) is 0.380. The lowest BCUT2D eigenvalue weighted by atomic mass is 10.1. The van der Waals surface area contributed by atoms with E-state index in [-0.39, 0.29) is 11.7 Å². The molecule has 1 amide bonds. The van der Waals surface area contributed by atoms with E-state index >= 15 is 4.39 Å². The highest BCUT2D eigenvalue weighted by Gasteiger charge is 2.27. The average molecular weight is 585 g/mol. The molecule has 0 unspecified atom stereocenters. The van der Waals surface area contributed by atoms with Crippen molar-refractivity contribution in [2.75, 3.05) is 69.7 Å². The van der Waals surface area contributed by atoms with Crippen molar-refractivity contribution in [3.63, 3.8) is 0 Å². The molecule has 40 heavy (non-hydrogen) atoms. The van der Waals surface area contributed by atoms with E-state index in [2.05, 4.69) is 10.00 Å². The Bertz CT molecular complexity index is 1570. The smallest absolute Gasteiger partial charge is 0.236 e. The highest BCUT2D eigenvalue weighted by Crippen LogP contribution is 2.35. The van der Waals surface area contributed by atoms with Gasteiger partial charge in [0, 0.05) is 44.8 Å². The van der Waals surface area contributed by atoms with E-state index in [1.54, 1.807) is 36.4 Å². The van der Waals surface area contributed by atoms with Gasteiger partial charge in [-0.3, -0.25) is 9.69 Å². The number of nitrogens with two attached hydrogens (primary N) is 1. The van der Waals surface area contributed by atoms with Crippen LogP contribution in [0.2, 0.25) is 10.0 Å². The molecule has 2 N–H and O–H groups in total. The van der Waals surface area contributed by atoms with E-state index in [9.17, 15) is 4.79 Å². The lowest BCUT2D eigenvalue weighted by Crippen LogP contribution is -2.51. The maximum Gasteiger partial charge on any atom is 0.236 e. The Morgan fingerprint density at radius 1 is 0.975 bits per heavy atom. The third kappa shape index (κ3) is 5.17. The highest BCUT2D eigenvalue weighted by atomic mass is 35.5. The van der Waals surface area contributed by atoms with E-state index in [4.69, 9.17) is 43.6 Å². The van der Waals surface area contributed by atoms with Crippen molar-refractivity contribution < 1.29 is 13.9 Å². The second kappa shape index (κ2) is 11.2. The number of carbonyl (C=O) groups is 1. The predicted molar refractivity (Wildman–Crippen MR) is 153 cm³/mol. The number of hydrogen-bond acceptors (Lipinski definition) is 8. The van der Waals surface area contributed by atoms with Crippen LogP contribution in [0, 0.1) is 5.82 Å². The van der Waals surface area contributed by atoms with Crippen LogP contribution in [0.4, 0.5) is 16.2 Å². The Morgan fingerprint density at radius 3 is 2.45 bits per heavy atom. The number of halogens is 3. The molecule has 4 aromatic rings. The molecule has 2 aromatic heterocycles. The molecule has 4 heterocycles. The van der Waals surface area contributed by atoms with Gasteiger partial charge in [-0.05, 0) is 30.3 Å². The van der Waals surface area contributed by atoms with Crippen molar-refractivity contribution in [2.24, 2.45) is 0 Å². The molecule has 2 aliphatic heterocycles. The Morgan fingerprint density at radius 2 is 1.73 bits per heavy atom. The number of fused-ring (bicyclic) bond motifs is 1. The summed E-state index contributed by atoms with van der Waals surface area (Å²) in [6.45, 7) is 5.29. The Hall–Kier alpha value is -3.51. The predicted octanol–water partition coefficient (Wildman–Crippen LogP) is 3.49. The van der Waals surface area contributed by atoms with Crippen molar-refractivity contribution in [3.05, 3.63) is 58.3 Å². The summed E-state index contributed by atoms with van der Waals surface area (Å²) in [7, 11) is 0. The number of aromatic nitrogens is 4. The number of benzene rings is 2. The minimum absolute atomic E-state index is 0.111. The van der Waals surface area contributed by atoms with Gasteiger partial charge in [0.15, 0.2) is 5.65 Å². The molecule has 0 spiro atoms. The highest BCUT2D eigenvalue weighted by molar-refractivity contribution is 6.42. The lowest BCUT2D eigenvalue weighted by molar-refractivity contribution is -0.136. The minimum atomic E-state index is -0.429. The van der Waals surface area contributed by atoms with Crippen LogP contribution in [0.1, 0.15) is 0 Å². The van der Waals surface area contributed by atoms with E-state index in [0.717, 1.165) is 0 Å². The first-order valence-electron chi connectivity index (χ1n) is 13.0. The zero-order valence-electron chi connectivity index (χ0n) is 21.6. The summed E-state index contributed by atoms with van der Waals surface area (Å²) < 4.78 is 21.9. The molecule has 208 valence electrons. The molecule has 2 aliphatic rings. The van der Waals surface area contributed by atoms with Crippen molar-refractivity contribution in [1.29, 1.82) is 0 Å². The van der Waals surface area contributed by atoms with Crippen LogP contribution in [-0.2, 0) is 9.53 Å². The standard InChI is InChI=1S/C27H27Cl2FN8O2/c28-19-6-5-17(15-20(19)29)38-25(31)23-24(18-3-1-2-4-21(18)30)32-27(33-26(23)34-38)37-9-7-35(8-10-37)16-22(39)36-11-13-40-14-12-36/h1-6,15H,7-14,16,31H2. The van der Waals surface area contributed by atoms with E-state index in [1.165, 1.54) is 10.7 Å². The number of nitrogen functional groups attached to an aromatic ring is 1. The fourth-order valence-electron chi connectivity index (χ4n) is 5.01. The van der Waals surface area contributed by atoms with Crippen LogP contribution in [0.3, 0.4) is 0 Å². The fraction of sp³-hybridized carbons (Fsp3) is 0.333. The Balaban J connectivity index is 1.32. The summed E-state index contributed by atoms with van der Waals surface area (Å²) in [6.07, 6.45) is 0. The number of ether oxygens (including phenoxy) is 1. The number of carbonyl (C=O) groups excluding carboxylic acids is 1. The Labute approximate surface area is 240 Å². The summed E-state index contributed by atoms with van der Waals surface area (Å²) in [5, 5.41) is 5.84. The molecule has 2 saturated heterocycles. The van der Waals surface area contributed by atoms with Crippen LogP contribution < -0.4 is 10.6 Å². The van der Waals surface area contributed by atoms with Gasteiger partial charge in [-0.2, -0.15) is 4.98 Å². The largest absolute Gasteiger partial charge is 0.383 e. The van der Waals surface area contributed by atoms with Gasteiger partial charge in [0.1, 0.15) is 11.6 Å². The fourth-order valence-corrected chi connectivity index (χ4v) is 5.31. The van der Waals surface area contributed by atoms with Crippen LogP contribution in [0.5, 0.6) is 0 Å². The molecular weight excluding hydrogens is 558 g/mol. The van der Waals surface area contributed by atoms with Gasteiger partial charge < -0.3 is 20.3 Å². The van der Waals surface area contributed by atoms with Gasteiger partial charge in [-0.1, -0.05) is 35.3 Å². The zero-order chi connectivity index (χ0) is 27.8. The van der Waals surface area contributed by atoms with Crippen molar-refractivity contribution in [1.82, 2.24) is 29.5 Å². The third-order valence-electron chi connectivity index (χ3n) is 7.21. The molecule has 2 fully saturated rings. The molecule has 2 aromatic carbocycles. The van der Waals surface area contributed by atoms with E-state index in [1.807, 2.05) is 9.80 Å². The molecular formula is C27H27Cl2FN8O2. The SMILES string of the molecule is Nc1c2c(-c3ccccc3F)nc(N3CCN(CC(=O)N4CCOCC4)CC3)nc2nn1-c1ccc(Cl)c(Cl)c1. The topological polar surface area (TPSA) is 106 Å². The van der Waals surface area contributed by atoms with Gasteiger partial charge >= 0.3 is 0 Å². The van der Waals surface area contributed by atoms with E-state index in [0.29, 0.717) is 103 Å². The zero-order valence-corrected chi connectivity index (χ0v) is 23.1. The maximum atomic E-state index is 15.0. The number of hydrogen-bond donors (Lipinski definition) is 1. The number of rotatable bonds is 5. The van der Waals surface area contributed by atoms with Crippen molar-refractivity contribution >= 4 is 51.9 Å². The maximum absolute atomic E-state index is 15.0. The summed E-state index contributed by atoms with van der Waals surface area (Å²) >= 11 is 12.3. The number of anilines is 2. The van der Waals surface area contributed by atoms with Gasteiger partial charge in [0.2, 0.25) is 11.9 Å². The monoisotopic (exact) mass is 584 g/mol. The summed E-state index contributed by atoms with van der Waals surface area (Å²) in [5.41, 5.74) is 8.13. The van der Waals surface area contributed by atoms with Crippen molar-refractivity contribution in [2.45, 2.75) is 0 Å². The first-order chi connectivity index (χ1) is 19.4. The van der Waals surface area contributed by atoms with Gasteiger partial charge in [-0.25, -0.2) is 14.1 Å². The Kier molecular flexibility index (Phi) is 7.45. The van der Waals surface area contributed by atoms with E-state index < -0.39 is 5.82 Å². The molecule has 13 heteroatoms. The van der Waals surface area contributed by atoms with Crippen LogP contribution in [-0.4, -0.2) is 94.5 Å². The molecule has 0 bridgehead atoms. The summed E-state index contributed by atoms with van der Waals surface area (Å²) in [6, 6.07) is 11.5. The van der Waals surface area contributed by atoms with Crippen LogP contribution >= 0.6 is 23.2 Å². The third-order valence-corrected chi connectivity index (χ3v) is 7.95. The van der Waals surface area contributed by atoms with Gasteiger partial charge in [0.05, 0.1) is 46.6 Å². The minimum Gasteiger partial charge on any atom is -0.383 e.